The molecule has 0 bridgehead atoms. The van der Waals surface area contributed by atoms with Crippen molar-refractivity contribution < 1.29 is 14.7 Å². The molecule has 0 saturated carbocycles. The van der Waals surface area contributed by atoms with Crippen LogP contribution in [0.1, 0.15) is 39.2 Å². The molecule has 0 aliphatic rings. The zero-order chi connectivity index (χ0) is 14.4. The van der Waals surface area contributed by atoms with Gasteiger partial charge in [-0.2, -0.15) is 0 Å². The molecular weight excluding hydrogens is 246 g/mol. The molecule has 19 heavy (non-hydrogen) atoms. The van der Waals surface area contributed by atoms with Crippen molar-refractivity contribution in [3.8, 4) is 0 Å². The van der Waals surface area contributed by atoms with E-state index in [0.717, 1.165) is 12.8 Å². The Morgan fingerprint density at radius 3 is 2.63 bits per heavy atom. The lowest BCUT2D eigenvalue weighted by molar-refractivity contribution is -0.148. The summed E-state index contributed by atoms with van der Waals surface area (Å²) >= 11 is 0. The van der Waals surface area contributed by atoms with E-state index >= 15 is 0 Å². The molecule has 2 unspecified atom stereocenters. The van der Waals surface area contributed by atoms with Crippen LogP contribution in [0, 0.1) is 0 Å². The Morgan fingerprint density at radius 2 is 2.16 bits per heavy atom. The van der Waals surface area contributed by atoms with Gasteiger partial charge >= 0.3 is 5.97 Å². The molecule has 1 N–H and O–H groups in total. The van der Waals surface area contributed by atoms with Crippen LogP contribution in [0.15, 0.2) is 18.7 Å². The maximum absolute atomic E-state index is 12.1. The number of aromatic nitrogens is 2. The Labute approximate surface area is 113 Å². The lowest BCUT2D eigenvalue weighted by Gasteiger charge is -2.25. The van der Waals surface area contributed by atoms with Crippen LogP contribution in [0.5, 0.6) is 0 Å². The second kappa shape index (κ2) is 6.92. The van der Waals surface area contributed by atoms with E-state index in [1.54, 1.807) is 12.5 Å². The standard InChI is InChI=1S/C13H21N3O3/c1-4-5-11(16-7-6-14-9-16)8-12(17)15(3)10(2)13(18)19/h6-7,9-11H,4-5,8H2,1-3H3,(H,18,19). The van der Waals surface area contributed by atoms with Gasteiger partial charge in [0.1, 0.15) is 6.04 Å². The minimum absolute atomic E-state index is 0.0310. The highest BCUT2D eigenvalue weighted by Gasteiger charge is 2.24. The highest BCUT2D eigenvalue weighted by Crippen LogP contribution is 2.19. The first kappa shape index (κ1) is 15.2. The van der Waals surface area contributed by atoms with Gasteiger partial charge in [0.15, 0.2) is 0 Å². The fraction of sp³-hybridized carbons (Fsp3) is 0.615. The summed E-state index contributed by atoms with van der Waals surface area (Å²) in [6.07, 6.45) is 7.29. The zero-order valence-electron chi connectivity index (χ0n) is 11.6. The Kier molecular flexibility index (Phi) is 5.54. The van der Waals surface area contributed by atoms with Crippen molar-refractivity contribution in [1.29, 1.82) is 0 Å². The summed E-state index contributed by atoms with van der Waals surface area (Å²) < 4.78 is 1.90. The van der Waals surface area contributed by atoms with Gasteiger partial charge in [0.25, 0.3) is 0 Å². The van der Waals surface area contributed by atoms with Crippen LogP contribution in [0.4, 0.5) is 0 Å². The van der Waals surface area contributed by atoms with Crippen LogP contribution < -0.4 is 0 Å². The van der Waals surface area contributed by atoms with E-state index in [9.17, 15) is 9.59 Å². The number of carbonyl (C=O) groups excluding carboxylic acids is 1. The number of carboxylic acids is 1. The number of nitrogens with zero attached hydrogens (tertiary/aromatic N) is 3. The smallest absolute Gasteiger partial charge is 0.326 e. The summed E-state index contributed by atoms with van der Waals surface area (Å²) in [6, 6.07) is -0.777. The van der Waals surface area contributed by atoms with Crippen molar-refractivity contribution in [3.63, 3.8) is 0 Å². The lowest BCUT2D eigenvalue weighted by Crippen LogP contribution is -2.41. The second-order valence-electron chi connectivity index (χ2n) is 4.68. The quantitative estimate of drug-likeness (QED) is 0.813. The third-order valence-electron chi connectivity index (χ3n) is 3.31. The van der Waals surface area contributed by atoms with Gasteiger partial charge in [-0.15, -0.1) is 0 Å². The summed E-state index contributed by atoms with van der Waals surface area (Å²) in [6.45, 7) is 3.56. The van der Waals surface area contributed by atoms with Crippen LogP contribution in [0.25, 0.3) is 0 Å². The number of aliphatic carboxylic acids is 1. The molecular formula is C13H21N3O3. The first-order chi connectivity index (χ1) is 8.97. The van der Waals surface area contributed by atoms with E-state index in [-0.39, 0.29) is 18.4 Å². The SMILES string of the molecule is CCCC(CC(=O)N(C)C(C)C(=O)O)n1ccnc1. The van der Waals surface area contributed by atoms with Crippen LogP contribution in [0.3, 0.4) is 0 Å². The lowest BCUT2D eigenvalue weighted by atomic mass is 10.1. The van der Waals surface area contributed by atoms with Gasteiger partial charge in [0, 0.05) is 31.9 Å². The Bertz CT molecular complexity index is 417. The van der Waals surface area contributed by atoms with Gasteiger partial charge in [-0.3, -0.25) is 4.79 Å². The summed E-state index contributed by atoms with van der Waals surface area (Å²) in [4.78, 5) is 28.2. The number of hydrogen-bond donors (Lipinski definition) is 1. The molecule has 2 atom stereocenters. The minimum atomic E-state index is -0.995. The largest absolute Gasteiger partial charge is 0.480 e. The first-order valence-corrected chi connectivity index (χ1v) is 6.43. The molecule has 6 heteroatoms. The summed E-state index contributed by atoms with van der Waals surface area (Å²) in [7, 11) is 1.53. The van der Waals surface area contributed by atoms with Crippen LogP contribution in [0.2, 0.25) is 0 Å². The van der Waals surface area contributed by atoms with Crippen molar-refractivity contribution in [2.45, 2.75) is 45.2 Å². The predicted molar refractivity (Wildman–Crippen MR) is 70.7 cm³/mol. The normalized spacial score (nSPS) is 13.8. The molecule has 1 aromatic rings. The number of hydrogen-bond acceptors (Lipinski definition) is 3. The van der Waals surface area contributed by atoms with E-state index in [1.807, 2.05) is 10.8 Å². The predicted octanol–water partition coefficient (Wildman–Crippen LogP) is 1.55. The monoisotopic (exact) mass is 267 g/mol. The van der Waals surface area contributed by atoms with Crippen molar-refractivity contribution in [3.05, 3.63) is 18.7 Å². The van der Waals surface area contributed by atoms with Gasteiger partial charge in [0.05, 0.1) is 6.33 Å². The molecule has 0 aliphatic heterocycles. The maximum atomic E-state index is 12.1. The molecule has 0 fully saturated rings. The Morgan fingerprint density at radius 1 is 1.47 bits per heavy atom. The van der Waals surface area contributed by atoms with E-state index in [1.165, 1.54) is 18.9 Å². The number of carbonyl (C=O) groups is 2. The highest BCUT2D eigenvalue weighted by atomic mass is 16.4. The van der Waals surface area contributed by atoms with E-state index in [0.29, 0.717) is 0 Å². The number of likely N-dealkylation sites (N-methyl/N-ethyl adjacent to an activating group) is 1. The number of imidazole rings is 1. The van der Waals surface area contributed by atoms with Gasteiger partial charge in [-0.1, -0.05) is 13.3 Å². The molecule has 1 rings (SSSR count). The number of amides is 1. The fourth-order valence-electron chi connectivity index (χ4n) is 1.90. The molecule has 1 aromatic heterocycles. The maximum Gasteiger partial charge on any atom is 0.326 e. The zero-order valence-corrected chi connectivity index (χ0v) is 11.6. The first-order valence-electron chi connectivity index (χ1n) is 6.43. The van der Waals surface area contributed by atoms with Crippen molar-refractivity contribution >= 4 is 11.9 Å². The molecule has 0 radical (unpaired) electrons. The third kappa shape index (κ3) is 4.08. The van der Waals surface area contributed by atoms with Gasteiger partial charge < -0.3 is 14.6 Å². The van der Waals surface area contributed by atoms with E-state index in [4.69, 9.17) is 5.11 Å². The molecule has 106 valence electrons. The van der Waals surface area contributed by atoms with Gasteiger partial charge in [-0.05, 0) is 13.3 Å². The van der Waals surface area contributed by atoms with Crippen LogP contribution in [-0.2, 0) is 9.59 Å². The average Bonchev–Trinajstić information content (AvgIpc) is 2.89. The Balaban J connectivity index is 2.69. The molecule has 0 spiro atoms. The Hall–Kier alpha value is -1.85. The number of carboxylic acid groups (broad SMARTS) is 1. The van der Waals surface area contributed by atoms with Crippen LogP contribution in [-0.4, -0.2) is 44.5 Å². The molecule has 0 aliphatic carbocycles. The van der Waals surface area contributed by atoms with Gasteiger partial charge in [-0.25, -0.2) is 9.78 Å². The topological polar surface area (TPSA) is 75.4 Å². The number of rotatable bonds is 7. The molecule has 1 amide bonds. The molecule has 0 saturated heterocycles. The highest BCUT2D eigenvalue weighted by molar-refractivity contribution is 5.83. The summed E-state index contributed by atoms with van der Waals surface area (Å²) in [5, 5.41) is 8.91. The molecule has 1 heterocycles. The fourth-order valence-corrected chi connectivity index (χ4v) is 1.90. The third-order valence-corrected chi connectivity index (χ3v) is 3.31. The second-order valence-corrected chi connectivity index (χ2v) is 4.68. The van der Waals surface area contributed by atoms with Gasteiger partial charge in [0.2, 0.25) is 5.91 Å². The minimum Gasteiger partial charge on any atom is -0.480 e. The van der Waals surface area contributed by atoms with Crippen molar-refractivity contribution in [2.75, 3.05) is 7.05 Å². The summed E-state index contributed by atoms with van der Waals surface area (Å²) in [5.41, 5.74) is 0. The average molecular weight is 267 g/mol. The van der Waals surface area contributed by atoms with E-state index < -0.39 is 12.0 Å². The van der Waals surface area contributed by atoms with E-state index in [2.05, 4.69) is 11.9 Å². The van der Waals surface area contributed by atoms with Crippen LogP contribution >= 0.6 is 0 Å². The van der Waals surface area contributed by atoms with Crippen molar-refractivity contribution in [2.24, 2.45) is 0 Å². The molecule has 6 nitrogen and oxygen atoms in total. The summed E-state index contributed by atoms with van der Waals surface area (Å²) in [5.74, 6) is -1.16. The van der Waals surface area contributed by atoms with Crippen molar-refractivity contribution in [1.82, 2.24) is 14.5 Å². The molecule has 0 aromatic carbocycles.